The van der Waals surface area contributed by atoms with Gasteiger partial charge in [-0.1, -0.05) is 36.7 Å². The zero-order chi connectivity index (χ0) is 19.9. The average Bonchev–Trinajstić information content (AvgIpc) is 3.16. The Labute approximate surface area is 168 Å². The topological polar surface area (TPSA) is 90.1 Å². The Morgan fingerprint density at radius 2 is 2.04 bits per heavy atom. The van der Waals surface area contributed by atoms with Gasteiger partial charge in [-0.05, 0) is 36.2 Å². The predicted molar refractivity (Wildman–Crippen MR) is 105 cm³/mol. The Hall–Kier alpha value is -2.93. The number of halogens is 1. The van der Waals surface area contributed by atoms with Crippen LogP contribution in [0, 0.1) is 5.92 Å². The van der Waals surface area contributed by atoms with E-state index in [1.807, 2.05) is 13.8 Å². The van der Waals surface area contributed by atoms with Crippen LogP contribution in [0.25, 0.3) is 11.4 Å². The van der Waals surface area contributed by atoms with Gasteiger partial charge in [0.15, 0.2) is 0 Å². The number of carbonyl (C=O) groups excluding carboxylic acids is 1. The van der Waals surface area contributed by atoms with Crippen LogP contribution in [0.3, 0.4) is 0 Å². The molecule has 0 saturated heterocycles. The molecule has 0 spiro atoms. The van der Waals surface area contributed by atoms with Crippen LogP contribution in [0.5, 0.6) is 5.75 Å². The van der Waals surface area contributed by atoms with E-state index >= 15 is 0 Å². The highest BCUT2D eigenvalue weighted by atomic mass is 35.5. The zero-order valence-corrected chi connectivity index (χ0v) is 16.4. The van der Waals surface area contributed by atoms with Crippen LogP contribution in [0.4, 0.5) is 0 Å². The number of nitrogens with zero attached hydrogens (tertiary/aromatic N) is 3. The molecule has 3 aromatic rings. The quantitative estimate of drug-likeness (QED) is 0.613. The first-order valence-electron chi connectivity index (χ1n) is 8.94. The SMILES string of the molecule is CC(C)C(NC(=O)CCOc1cccc(Cl)c1)c1nc(-c2ccncc2)no1. The molecule has 8 heteroatoms. The maximum absolute atomic E-state index is 12.3. The minimum absolute atomic E-state index is 0.0727. The largest absolute Gasteiger partial charge is 0.493 e. The van der Waals surface area contributed by atoms with Crippen molar-refractivity contribution in [1.82, 2.24) is 20.4 Å². The number of aromatic nitrogens is 3. The highest BCUT2D eigenvalue weighted by Gasteiger charge is 2.24. The van der Waals surface area contributed by atoms with E-state index in [0.717, 1.165) is 5.56 Å². The normalized spacial score (nSPS) is 12.0. The maximum Gasteiger partial charge on any atom is 0.249 e. The van der Waals surface area contributed by atoms with Crippen molar-refractivity contribution in [2.24, 2.45) is 5.92 Å². The third-order valence-electron chi connectivity index (χ3n) is 4.02. The summed E-state index contributed by atoms with van der Waals surface area (Å²) >= 11 is 5.92. The van der Waals surface area contributed by atoms with Crippen LogP contribution in [-0.4, -0.2) is 27.6 Å². The van der Waals surface area contributed by atoms with Crippen molar-refractivity contribution in [2.45, 2.75) is 26.3 Å². The fraction of sp³-hybridized carbons (Fsp3) is 0.300. The summed E-state index contributed by atoms with van der Waals surface area (Å²) in [5, 5.41) is 7.53. The molecule has 1 amide bonds. The van der Waals surface area contributed by atoms with Crippen molar-refractivity contribution >= 4 is 17.5 Å². The summed E-state index contributed by atoms with van der Waals surface area (Å²) in [4.78, 5) is 20.7. The number of benzene rings is 1. The molecule has 1 N–H and O–H groups in total. The van der Waals surface area contributed by atoms with Crippen molar-refractivity contribution in [3.05, 3.63) is 59.7 Å². The molecule has 1 aromatic carbocycles. The number of hydrogen-bond acceptors (Lipinski definition) is 6. The Bertz CT molecular complexity index is 915. The van der Waals surface area contributed by atoms with Gasteiger partial charge in [-0.15, -0.1) is 0 Å². The first-order valence-corrected chi connectivity index (χ1v) is 9.32. The molecule has 1 unspecified atom stereocenters. The molecule has 0 saturated carbocycles. The van der Waals surface area contributed by atoms with E-state index in [2.05, 4.69) is 20.4 Å². The summed E-state index contributed by atoms with van der Waals surface area (Å²) in [6.07, 6.45) is 3.51. The fourth-order valence-corrected chi connectivity index (χ4v) is 2.74. The molecule has 0 aliphatic rings. The molecule has 1 atom stereocenters. The second kappa shape index (κ2) is 9.32. The highest BCUT2D eigenvalue weighted by molar-refractivity contribution is 6.30. The van der Waals surface area contributed by atoms with Gasteiger partial charge in [0.25, 0.3) is 0 Å². The van der Waals surface area contributed by atoms with Gasteiger partial charge in [0.2, 0.25) is 17.6 Å². The Balaban J connectivity index is 1.58. The minimum atomic E-state index is -0.387. The molecule has 0 radical (unpaired) electrons. The van der Waals surface area contributed by atoms with Crippen LogP contribution in [0.2, 0.25) is 5.02 Å². The summed E-state index contributed by atoms with van der Waals surface area (Å²) in [7, 11) is 0. The smallest absolute Gasteiger partial charge is 0.249 e. The van der Waals surface area contributed by atoms with Crippen molar-refractivity contribution in [1.29, 1.82) is 0 Å². The summed E-state index contributed by atoms with van der Waals surface area (Å²) in [5.41, 5.74) is 0.800. The molecule has 146 valence electrons. The van der Waals surface area contributed by atoms with Crippen molar-refractivity contribution < 1.29 is 14.1 Å². The van der Waals surface area contributed by atoms with E-state index in [0.29, 0.717) is 22.5 Å². The number of carbonyl (C=O) groups is 1. The van der Waals surface area contributed by atoms with Gasteiger partial charge < -0.3 is 14.6 Å². The van der Waals surface area contributed by atoms with Crippen LogP contribution in [0.1, 0.15) is 32.2 Å². The second-order valence-corrected chi connectivity index (χ2v) is 6.97. The minimum Gasteiger partial charge on any atom is -0.493 e. The lowest BCUT2D eigenvalue weighted by Gasteiger charge is -2.18. The van der Waals surface area contributed by atoms with Crippen molar-refractivity contribution in [3.8, 4) is 17.1 Å². The van der Waals surface area contributed by atoms with Gasteiger partial charge in [0, 0.05) is 23.0 Å². The molecule has 0 fully saturated rings. The fourth-order valence-electron chi connectivity index (χ4n) is 2.56. The summed E-state index contributed by atoms with van der Waals surface area (Å²) in [5.74, 6) is 1.36. The Morgan fingerprint density at radius 3 is 2.75 bits per heavy atom. The molecular formula is C20H21ClN4O3. The monoisotopic (exact) mass is 400 g/mol. The third kappa shape index (κ3) is 5.29. The summed E-state index contributed by atoms with van der Waals surface area (Å²) in [6.45, 7) is 4.19. The summed E-state index contributed by atoms with van der Waals surface area (Å²) < 4.78 is 11.0. The van der Waals surface area contributed by atoms with Crippen LogP contribution in [-0.2, 0) is 4.79 Å². The molecule has 7 nitrogen and oxygen atoms in total. The molecule has 3 rings (SSSR count). The number of rotatable bonds is 8. The van der Waals surface area contributed by atoms with E-state index in [-0.39, 0.29) is 30.9 Å². The first kappa shape index (κ1) is 19.8. The van der Waals surface area contributed by atoms with Gasteiger partial charge in [-0.2, -0.15) is 4.98 Å². The number of pyridine rings is 1. The van der Waals surface area contributed by atoms with E-state index < -0.39 is 0 Å². The van der Waals surface area contributed by atoms with Crippen LogP contribution in [0.15, 0.2) is 53.3 Å². The summed E-state index contributed by atoms with van der Waals surface area (Å²) in [6, 6.07) is 10.3. The van der Waals surface area contributed by atoms with E-state index in [4.69, 9.17) is 20.9 Å². The van der Waals surface area contributed by atoms with Crippen LogP contribution >= 0.6 is 11.6 Å². The molecule has 28 heavy (non-hydrogen) atoms. The van der Waals surface area contributed by atoms with E-state index in [9.17, 15) is 4.79 Å². The van der Waals surface area contributed by atoms with Crippen LogP contribution < -0.4 is 10.1 Å². The molecule has 2 aromatic heterocycles. The molecule has 0 aliphatic heterocycles. The van der Waals surface area contributed by atoms with Gasteiger partial charge in [-0.25, -0.2) is 0 Å². The average molecular weight is 401 g/mol. The maximum atomic E-state index is 12.3. The molecule has 0 bridgehead atoms. The number of nitrogens with one attached hydrogen (secondary N) is 1. The zero-order valence-electron chi connectivity index (χ0n) is 15.6. The molecule has 2 heterocycles. The first-order chi connectivity index (χ1) is 13.5. The Kier molecular flexibility index (Phi) is 6.60. The lowest BCUT2D eigenvalue weighted by Crippen LogP contribution is -2.32. The van der Waals surface area contributed by atoms with E-state index in [1.54, 1.807) is 48.8 Å². The van der Waals surface area contributed by atoms with Gasteiger partial charge in [-0.3, -0.25) is 9.78 Å². The third-order valence-corrected chi connectivity index (χ3v) is 4.26. The number of amides is 1. The predicted octanol–water partition coefficient (Wildman–Crippen LogP) is 4.07. The van der Waals surface area contributed by atoms with Crippen molar-refractivity contribution in [2.75, 3.05) is 6.61 Å². The standard InChI is InChI=1S/C20H21ClN4O3/c1-13(2)18(20-24-19(25-28-20)14-6-9-22-10-7-14)23-17(26)8-11-27-16-5-3-4-15(21)12-16/h3-7,9-10,12-13,18H,8,11H2,1-2H3,(H,23,26). The highest BCUT2D eigenvalue weighted by Crippen LogP contribution is 2.23. The Morgan fingerprint density at radius 1 is 1.25 bits per heavy atom. The van der Waals surface area contributed by atoms with E-state index in [1.165, 1.54) is 0 Å². The lowest BCUT2D eigenvalue weighted by molar-refractivity contribution is -0.122. The number of hydrogen-bond donors (Lipinski definition) is 1. The second-order valence-electron chi connectivity index (χ2n) is 6.54. The number of ether oxygens (including phenoxy) is 1. The van der Waals surface area contributed by atoms with Crippen molar-refractivity contribution in [3.63, 3.8) is 0 Å². The van der Waals surface area contributed by atoms with Gasteiger partial charge in [0.1, 0.15) is 11.8 Å². The molecule has 0 aliphatic carbocycles. The molecular weight excluding hydrogens is 380 g/mol. The van der Waals surface area contributed by atoms with Gasteiger partial charge in [0.05, 0.1) is 13.0 Å². The lowest BCUT2D eigenvalue weighted by atomic mass is 10.0. The van der Waals surface area contributed by atoms with Gasteiger partial charge >= 0.3 is 0 Å².